The van der Waals surface area contributed by atoms with E-state index in [1.807, 2.05) is 30.3 Å². The molecule has 0 bridgehead atoms. The molecule has 224 valence electrons. The van der Waals surface area contributed by atoms with Gasteiger partial charge < -0.3 is 10.2 Å². The molecule has 0 saturated heterocycles. The summed E-state index contributed by atoms with van der Waals surface area (Å²) in [6, 6.07) is 20.4. The van der Waals surface area contributed by atoms with Crippen LogP contribution in [0.25, 0.3) is 0 Å². The molecule has 2 amide bonds. The number of hydrogen-bond acceptors (Lipinski definition) is 4. The number of nitrogens with one attached hydrogen (secondary N) is 1. The minimum Gasteiger partial charge on any atom is -0.352 e. The molecule has 1 N–H and O–H groups in total. The van der Waals surface area contributed by atoms with Crippen LogP contribution in [0.2, 0.25) is 10.0 Å². The minimum atomic E-state index is -3.87. The molecule has 0 aliphatic heterocycles. The van der Waals surface area contributed by atoms with Crippen molar-refractivity contribution >= 4 is 66.7 Å². The summed E-state index contributed by atoms with van der Waals surface area (Å²) in [6.07, 6.45) is 6.28. The third kappa shape index (κ3) is 8.72. The largest absolute Gasteiger partial charge is 0.352 e. The first kappa shape index (κ1) is 32.3. The molecule has 11 heteroatoms. The van der Waals surface area contributed by atoms with Crippen molar-refractivity contribution in [2.45, 2.75) is 57.2 Å². The van der Waals surface area contributed by atoms with Crippen LogP contribution >= 0.6 is 39.1 Å². The van der Waals surface area contributed by atoms with Crippen LogP contribution in [0, 0.1) is 0 Å². The number of sulfonamides is 1. The van der Waals surface area contributed by atoms with E-state index in [1.165, 1.54) is 4.90 Å². The molecular formula is C31H34BrCl2N3O4S. The van der Waals surface area contributed by atoms with Gasteiger partial charge in [-0.2, -0.15) is 0 Å². The van der Waals surface area contributed by atoms with Crippen LogP contribution in [0.4, 0.5) is 5.69 Å². The van der Waals surface area contributed by atoms with Crippen LogP contribution in [0.3, 0.4) is 0 Å². The van der Waals surface area contributed by atoms with Gasteiger partial charge in [-0.25, -0.2) is 8.42 Å². The summed E-state index contributed by atoms with van der Waals surface area (Å²) in [4.78, 5) is 29.7. The Kier molecular flexibility index (Phi) is 11.3. The van der Waals surface area contributed by atoms with Gasteiger partial charge in [0.15, 0.2) is 0 Å². The van der Waals surface area contributed by atoms with Gasteiger partial charge >= 0.3 is 0 Å². The molecule has 0 radical (unpaired) electrons. The number of para-hydroxylation sites is 1. The molecule has 42 heavy (non-hydrogen) atoms. The molecule has 1 aliphatic rings. The number of carbonyl (C=O) groups is 2. The highest BCUT2D eigenvalue weighted by atomic mass is 79.9. The molecule has 0 heterocycles. The molecular weight excluding hydrogens is 661 g/mol. The molecule has 1 fully saturated rings. The van der Waals surface area contributed by atoms with Gasteiger partial charge in [0, 0.05) is 23.5 Å². The SMILES string of the molecule is CS(=O)(=O)N(CC(=O)N(Cc1ccc(Cl)c(Cl)c1)[C@@H](Cc1ccccc1)C(=O)NC1CCCCC1)c1ccccc1Br. The number of hydrogen-bond donors (Lipinski definition) is 1. The molecule has 0 aromatic heterocycles. The summed E-state index contributed by atoms with van der Waals surface area (Å²) in [5.74, 6) is -0.798. The summed E-state index contributed by atoms with van der Waals surface area (Å²) < 4.78 is 27.5. The molecule has 1 aliphatic carbocycles. The molecule has 7 nitrogen and oxygen atoms in total. The van der Waals surface area contributed by atoms with Crippen molar-refractivity contribution in [3.8, 4) is 0 Å². The van der Waals surface area contributed by atoms with E-state index >= 15 is 0 Å². The molecule has 0 spiro atoms. The van der Waals surface area contributed by atoms with E-state index in [0.717, 1.165) is 48.2 Å². The first-order valence-corrected chi connectivity index (χ1v) is 17.2. The maximum atomic E-state index is 14.2. The Morgan fingerprint density at radius 3 is 2.24 bits per heavy atom. The second-order valence-corrected chi connectivity index (χ2v) is 14.1. The summed E-state index contributed by atoms with van der Waals surface area (Å²) >= 11 is 15.9. The van der Waals surface area contributed by atoms with E-state index in [2.05, 4.69) is 21.2 Å². The predicted molar refractivity (Wildman–Crippen MR) is 172 cm³/mol. The quantitative estimate of drug-likeness (QED) is 0.245. The normalized spacial score (nSPS) is 14.7. The van der Waals surface area contributed by atoms with Crippen molar-refractivity contribution in [2.75, 3.05) is 17.1 Å². The predicted octanol–water partition coefficient (Wildman–Crippen LogP) is 6.61. The zero-order chi connectivity index (χ0) is 30.3. The Labute approximate surface area is 266 Å². The van der Waals surface area contributed by atoms with Crippen molar-refractivity contribution in [3.63, 3.8) is 0 Å². The highest BCUT2D eigenvalue weighted by molar-refractivity contribution is 9.10. The van der Waals surface area contributed by atoms with E-state index in [0.29, 0.717) is 25.8 Å². The molecule has 3 aromatic rings. The van der Waals surface area contributed by atoms with Gasteiger partial charge in [-0.3, -0.25) is 13.9 Å². The van der Waals surface area contributed by atoms with Crippen molar-refractivity contribution < 1.29 is 18.0 Å². The van der Waals surface area contributed by atoms with Crippen LogP contribution in [0.5, 0.6) is 0 Å². The van der Waals surface area contributed by atoms with Gasteiger partial charge in [0.25, 0.3) is 0 Å². The number of anilines is 1. The molecule has 0 unspecified atom stereocenters. The van der Waals surface area contributed by atoms with Crippen molar-refractivity contribution in [1.29, 1.82) is 0 Å². The van der Waals surface area contributed by atoms with E-state index in [-0.39, 0.29) is 24.9 Å². The lowest BCUT2D eigenvalue weighted by Gasteiger charge is -2.35. The molecule has 1 atom stereocenters. The lowest BCUT2D eigenvalue weighted by molar-refractivity contribution is -0.140. The third-order valence-electron chi connectivity index (χ3n) is 7.36. The number of halogens is 3. The number of nitrogens with zero attached hydrogens (tertiary/aromatic N) is 2. The number of benzene rings is 3. The van der Waals surface area contributed by atoms with E-state index < -0.39 is 28.5 Å². The Hall–Kier alpha value is -2.59. The molecule has 1 saturated carbocycles. The Morgan fingerprint density at radius 2 is 1.60 bits per heavy atom. The number of amides is 2. The van der Waals surface area contributed by atoms with Gasteiger partial charge in [0.1, 0.15) is 12.6 Å². The van der Waals surface area contributed by atoms with Gasteiger partial charge in [0.05, 0.1) is 22.0 Å². The zero-order valence-corrected chi connectivity index (χ0v) is 27.2. The third-order valence-corrected chi connectivity index (χ3v) is 9.90. The summed E-state index contributed by atoms with van der Waals surface area (Å²) in [6.45, 7) is -0.469. The van der Waals surface area contributed by atoms with Gasteiger partial charge in [-0.15, -0.1) is 0 Å². The first-order chi connectivity index (χ1) is 20.0. The molecule has 3 aromatic carbocycles. The summed E-state index contributed by atoms with van der Waals surface area (Å²) in [5.41, 5.74) is 1.86. The fraction of sp³-hybridized carbons (Fsp3) is 0.355. The van der Waals surface area contributed by atoms with E-state index in [4.69, 9.17) is 23.2 Å². The lowest BCUT2D eigenvalue weighted by Crippen LogP contribution is -2.55. The standard InChI is InChI=1S/C31H34BrCl2N3O4S/c1-42(40,41)37(28-15-9-8-14-25(28)32)21-30(38)36(20-23-16-17-26(33)27(34)18-23)29(19-22-10-4-2-5-11-22)31(39)35-24-12-6-3-7-13-24/h2,4-5,8-11,14-18,24,29H,3,6-7,12-13,19-21H2,1H3,(H,35,39)/t29-/m0/s1. The van der Waals surface area contributed by atoms with Crippen LogP contribution in [-0.4, -0.2) is 50.0 Å². The van der Waals surface area contributed by atoms with Crippen molar-refractivity contribution in [1.82, 2.24) is 10.2 Å². The smallest absolute Gasteiger partial charge is 0.244 e. The van der Waals surface area contributed by atoms with Crippen LogP contribution in [0.1, 0.15) is 43.2 Å². The average Bonchev–Trinajstić information content (AvgIpc) is 2.96. The zero-order valence-electron chi connectivity index (χ0n) is 23.3. The summed E-state index contributed by atoms with van der Waals surface area (Å²) in [7, 11) is -3.87. The highest BCUT2D eigenvalue weighted by Crippen LogP contribution is 2.29. The highest BCUT2D eigenvalue weighted by Gasteiger charge is 2.34. The van der Waals surface area contributed by atoms with Crippen LogP contribution in [-0.2, 0) is 32.6 Å². The Morgan fingerprint density at radius 1 is 0.929 bits per heavy atom. The number of rotatable bonds is 11. The van der Waals surface area contributed by atoms with Gasteiger partial charge in [-0.1, -0.05) is 91.0 Å². The van der Waals surface area contributed by atoms with Crippen molar-refractivity contribution in [2.24, 2.45) is 0 Å². The lowest BCUT2D eigenvalue weighted by atomic mass is 9.94. The van der Waals surface area contributed by atoms with Crippen LogP contribution < -0.4 is 9.62 Å². The average molecular weight is 696 g/mol. The topological polar surface area (TPSA) is 86.8 Å². The number of carbonyl (C=O) groups excluding carboxylic acids is 2. The fourth-order valence-electron chi connectivity index (χ4n) is 5.18. The maximum absolute atomic E-state index is 14.2. The minimum absolute atomic E-state index is 0.0267. The Bertz CT molecular complexity index is 1500. The Balaban J connectivity index is 1.74. The van der Waals surface area contributed by atoms with Crippen molar-refractivity contribution in [3.05, 3.63) is 98.4 Å². The second-order valence-electron chi connectivity index (χ2n) is 10.5. The van der Waals surface area contributed by atoms with E-state index in [9.17, 15) is 18.0 Å². The fourth-order valence-corrected chi connectivity index (χ4v) is 6.98. The van der Waals surface area contributed by atoms with Crippen LogP contribution in [0.15, 0.2) is 77.3 Å². The first-order valence-electron chi connectivity index (χ1n) is 13.8. The summed E-state index contributed by atoms with van der Waals surface area (Å²) in [5, 5.41) is 3.87. The van der Waals surface area contributed by atoms with Gasteiger partial charge in [-0.05, 0) is 64.2 Å². The monoisotopic (exact) mass is 693 g/mol. The maximum Gasteiger partial charge on any atom is 0.244 e. The van der Waals surface area contributed by atoms with Gasteiger partial charge in [0.2, 0.25) is 21.8 Å². The van der Waals surface area contributed by atoms with E-state index in [1.54, 1.807) is 42.5 Å². The molecule has 4 rings (SSSR count). The second kappa shape index (κ2) is 14.7.